The third kappa shape index (κ3) is 3.24. The van der Waals surface area contributed by atoms with Gasteiger partial charge in [-0.15, -0.1) is 0 Å². The van der Waals surface area contributed by atoms with Crippen molar-refractivity contribution >= 4 is 32.7 Å². The third-order valence-electron chi connectivity index (χ3n) is 4.58. The molecule has 128 valence electrons. The highest BCUT2D eigenvalue weighted by Gasteiger charge is 2.33. The predicted molar refractivity (Wildman–Crippen MR) is 101 cm³/mol. The number of hydrogen-bond acceptors (Lipinski definition) is 5. The Morgan fingerprint density at radius 3 is 2.64 bits per heavy atom. The van der Waals surface area contributed by atoms with Crippen LogP contribution in [0.1, 0.15) is 24.8 Å². The Hall–Kier alpha value is -2.40. The lowest BCUT2D eigenvalue weighted by Gasteiger charge is -2.38. The van der Waals surface area contributed by atoms with E-state index in [1.807, 2.05) is 55.5 Å². The van der Waals surface area contributed by atoms with Gasteiger partial charge in [0.1, 0.15) is 6.10 Å². The van der Waals surface area contributed by atoms with Gasteiger partial charge in [-0.1, -0.05) is 60.7 Å². The van der Waals surface area contributed by atoms with Gasteiger partial charge in [0.2, 0.25) is 0 Å². The Labute approximate surface area is 151 Å². The minimum atomic E-state index is -0.183. The molecule has 4 rings (SSSR count). The number of aromatic nitrogens is 1. The molecule has 0 aliphatic carbocycles. The number of thiazole rings is 1. The molecule has 3 aromatic rings. The number of fused-ring (bicyclic) bond motifs is 1. The minimum absolute atomic E-state index is 0.0442. The van der Waals surface area contributed by atoms with Gasteiger partial charge in [0.05, 0.1) is 29.2 Å². The maximum Gasteiger partial charge on any atom is 0.313 e. The summed E-state index contributed by atoms with van der Waals surface area (Å²) in [5.41, 5.74) is 2.05. The van der Waals surface area contributed by atoms with Crippen LogP contribution in [0.4, 0.5) is 5.13 Å². The van der Waals surface area contributed by atoms with Crippen LogP contribution in [0.5, 0.6) is 0 Å². The highest BCUT2D eigenvalue weighted by molar-refractivity contribution is 7.22. The van der Waals surface area contributed by atoms with Gasteiger partial charge in [0.15, 0.2) is 5.13 Å². The molecule has 1 aliphatic heterocycles. The first kappa shape index (κ1) is 16.1. The van der Waals surface area contributed by atoms with Gasteiger partial charge >= 0.3 is 5.97 Å². The van der Waals surface area contributed by atoms with E-state index in [4.69, 9.17) is 4.74 Å². The zero-order chi connectivity index (χ0) is 17.2. The van der Waals surface area contributed by atoms with E-state index < -0.39 is 0 Å². The summed E-state index contributed by atoms with van der Waals surface area (Å²) in [4.78, 5) is 19.3. The Bertz CT molecular complexity index is 839. The van der Waals surface area contributed by atoms with Crippen molar-refractivity contribution in [2.75, 3.05) is 18.0 Å². The molecular formula is C20H20N2O2S. The number of hydrogen-bond donors (Lipinski definition) is 0. The van der Waals surface area contributed by atoms with Crippen LogP contribution in [0.15, 0.2) is 54.6 Å². The van der Waals surface area contributed by atoms with Crippen molar-refractivity contribution in [3.63, 3.8) is 0 Å². The molecule has 5 heteroatoms. The van der Waals surface area contributed by atoms with E-state index in [2.05, 4.69) is 16.0 Å². The van der Waals surface area contributed by atoms with Crippen LogP contribution in [0.25, 0.3) is 10.2 Å². The van der Waals surface area contributed by atoms with Crippen molar-refractivity contribution in [1.29, 1.82) is 0 Å². The lowest BCUT2D eigenvalue weighted by atomic mass is 9.96. The number of esters is 1. The van der Waals surface area contributed by atoms with E-state index in [0.29, 0.717) is 0 Å². The quantitative estimate of drug-likeness (QED) is 0.645. The van der Waals surface area contributed by atoms with Gasteiger partial charge in [-0.3, -0.25) is 4.79 Å². The first-order chi connectivity index (χ1) is 12.2. The van der Waals surface area contributed by atoms with Crippen molar-refractivity contribution < 1.29 is 9.53 Å². The second kappa shape index (κ2) is 6.84. The molecule has 4 nitrogen and oxygen atoms in total. The molecule has 0 spiro atoms. The van der Waals surface area contributed by atoms with Crippen LogP contribution in [0.2, 0.25) is 0 Å². The number of carbonyl (C=O) groups is 1. The Morgan fingerprint density at radius 2 is 1.92 bits per heavy atom. The van der Waals surface area contributed by atoms with E-state index in [1.165, 1.54) is 4.70 Å². The van der Waals surface area contributed by atoms with Gasteiger partial charge in [-0.2, -0.15) is 0 Å². The van der Waals surface area contributed by atoms with Gasteiger partial charge < -0.3 is 9.64 Å². The maximum atomic E-state index is 12.5. The average molecular weight is 352 g/mol. The summed E-state index contributed by atoms with van der Waals surface area (Å²) in [6.45, 7) is 3.46. The molecule has 0 saturated carbocycles. The SMILES string of the molecule is CCC(C(=O)OC1CN(c2nc3ccccc3s2)C1)c1ccccc1. The van der Waals surface area contributed by atoms with Crippen LogP contribution in [0, 0.1) is 0 Å². The number of para-hydroxylation sites is 1. The molecule has 0 N–H and O–H groups in total. The zero-order valence-corrected chi connectivity index (χ0v) is 14.9. The van der Waals surface area contributed by atoms with Crippen molar-refractivity contribution in [2.45, 2.75) is 25.4 Å². The molecule has 1 saturated heterocycles. The molecule has 1 aromatic heterocycles. The molecule has 0 bridgehead atoms. The normalized spacial score (nSPS) is 15.8. The van der Waals surface area contributed by atoms with Crippen LogP contribution in [0.3, 0.4) is 0 Å². The van der Waals surface area contributed by atoms with Crippen molar-refractivity contribution in [3.8, 4) is 0 Å². The Balaban J connectivity index is 1.36. The van der Waals surface area contributed by atoms with Crippen molar-refractivity contribution in [3.05, 3.63) is 60.2 Å². The number of anilines is 1. The summed E-state index contributed by atoms with van der Waals surface area (Å²) in [6.07, 6.45) is 0.703. The monoisotopic (exact) mass is 352 g/mol. The molecule has 1 aliphatic rings. The molecule has 25 heavy (non-hydrogen) atoms. The van der Waals surface area contributed by atoms with Crippen molar-refractivity contribution in [2.24, 2.45) is 0 Å². The second-order valence-electron chi connectivity index (χ2n) is 6.30. The van der Waals surface area contributed by atoms with Crippen LogP contribution in [-0.4, -0.2) is 30.1 Å². The van der Waals surface area contributed by atoms with Gasteiger partial charge in [0.25, 0.3) is 0 Å². The lowest BCUT2D eigenvalue weighted by Crippen LogP contribution is -2.53. The molecule has 1 atom stereocenters. The largest absolute Gasteiger partial charge is 0.458 e. The number of carbonyl (C=O) groups excluding carboxylic acids is 1. The molecule has 0 radical (unpaired) electrons. The molecule has 1 unspecified atom stereocenters. The summed E-state index contributed by atoms with van der Waals surface area (Å²) in [5.74, 6) is -0.305. The number of benzene rings is 2. The second-order valence-corrected chi connectivity index (χ2v) is 7.31. The lowest BCUT2D eigenvalue weighted by molar-refractivity contribution is -0.152. The summed E-state index contributed by atoms with van der Waals surface area (Å²) >= 11 is 1.68. The summed E-state index contributed by atoms with van der Waals surface area (Å²) < 4.78 is 6.90. The van der Waals surface area contributed by atoms with E-state index in [9.17, 15) is 4.79 Å². The van der Waals surface area contributed by atoms with Gasteiger partial charge in [0, 0.05) is 0 Å². The average Bonchev–Trinajstić information content (AvgIpc) is 3.02. The molecule has 2 heterocycles. The van der Waals surface area contributed by atoms with E-state index in [-0.39, 0.29) is 18.0 Å². The number of rotatable bonds is 5. The number of ether oxygens (including phenoxy) is 1. The van der Waals surface area contributed by atoms with Crippen molar-refractivity contribution in [1.82, 2.24) is 4.98 Å². The number of nitrogens with zero attached hydrogens (tertiary/aromatic N) is 2. The van der Waals surface area contributed by atoms with Gasteiger partial charge in [-0.25, -0.2) is 4.98 Å². The third-order valence-corrected chi connectivity index (χ3v) is 5.68. The topological polar surface area (TPSA) is 42.4 Å². The van der Waals surface area contributed by atoms with E-state index >= 15 is 0 Å². The fourth-order valence-electron chi connectivity index (χ4n) is 3.13. The van der Waals surface area contributed by atoms with Crippen LogP contribution in [-0.2, 0) is 9.53 Å². The highest BCUT2D eigenvalue weighted by Crippen LogP contribution is 2.32. The fourth-order valence-corrected chi connectivity index (χ4v) is 4.12. The van der Waals surface area contributed by atoms with E-state index in [1.54, 1.807) is 11.3 Å². The molecule has 2 aromatic carbocycles. The summed E-state index contributed by atoms with van der Waals surface area (Å²) in [7, 11) is 0. The molecular weight excluding hydrogens is 332 g/mol. The Morgan fingerprint density at radius 1 is 1.20 bits per heavy atom. The Kier molecular flexibility index (Phi) is 4.40. The molecule has 0 amide bonds. The summed E-state index contributed by atoms with van der Waals surface area (Å²) in [5, 5.41) is 1.00. The van der Waals surface area contributed by atoms with Gasteiger partial charge in [-0.05, 0) is 24.1 Å². The predicted octanol–water partition coefficient (Wildman–Crippen LogP) is 4.22. The fraction of sp³-hybridized carbons (Fsp3) is 0.300. The smallest absolute Gasteiger partial charge is 0.313 e. The minimum Gasteiger partial charge on any atom is -0.458 e. The highest BCUT2D eigenvalue weighted by atomic mass is 32.1. The maximum absolute atomic E-state index is 12.5. The first-order valence-corrected chi connectivity index (χ1v) is 9.42. The van der Waals surface area contributed by atoms with Crippen LogP contribution >= 0.6 is 11.3 Å². The standard InChI is InChI=1S/C20H20N2O2S/c1-2-16(14-8-4-3-5-9-14)19(23)24-15-12-22(13-15)20-21-17-10-6-7-11-18(17)25-20/h3-11,15-16H,2,12-13H2,1H3. The first-order valence-electron chi connectivity index (χ1n) is 8.60. The van der Waals surface area contributed by atoms with Crippen LogP contribution < -0.4 is 4.90 Å². The molecule has 1 fully saturated rings. The zero-order valence-electron chi connectivity index (χ0n) is 14.1. The summed E-state index contributed by atoms with van der Waals surface area (Å²) in [6, 6.07) is 18.0. The van der Waals surface area contributed by atoms with E-state index in [0.717, 1.165) is 35.7 Å².